The van der Waals surface area contributed by atoms with Crippen LogP contribution in [-0.4, -0.2) is 43.7 Å². The lowest BCUT2D eigenvalue weighted by atomic mass is 10.0. The van der Waals surface area contributed by atoms with Crippen molar-refractivity contribution in [2.75, 3.05) is 18.4 Å². The Morgan fingerprint density at radius 1 is 1.09 bits per heavy atom. The maximum atomic E-state index is 13.4. The van der Waals surface area contributed by atoms with Crippen molar-refractivity contribution in [2.45, 2.75) is 50.5 Å². The molecule has 9 heteroatoms. The quantitative estimate of drug-likeness (QED) is 0.646. The van der Waals surface area contributed by atoms with Gasteiger partial charge in [0.2, 0.25) is 10.0 Å². The number of carbonyl (C=O) groups is 2. The molecule has 1 aliphatic heterocycles. The van der Waals surface area contributed by atoms with Crippen LogP contribution in [0.2, 0.25) is 0 Å². The first-order valence-corrected chi connectivity index (χ1v) is 12.1. The van der Waals surface area contributed by atoms with E-state index in [2.05, 4.69) is 10.6 Å². The van der Waals surface area contributed by atoms with Crippen LogP contribution in [0, 0.1) is 19.7 Å². The summed E-state index contributed by atoms with van der Waals surface area (Å²) in [7, 11) is -3.67. The highest BCUT2D eigenvalue weighted by Gasteiger charge is 2.34. The fourth-order valence-electron chi connectivity index (χ4n) is 3.88. The molecule has 1 fully saturated rings. The number of benzene rings is 2. The van der Waals surface area contributed by atoms with Crippen molar-refractivity contribution in [3.8, 4) is 0 Å². The number of halogens is 1. The number of rotatable bonds is 6. The molecule has 0 spiro atoms. The van der Waals surface area contributed by atoms with Crippen LogP contribution < -0.4 is 10.6 Å². The molecule has 2 amide bonds. The second-order valence-corrected chi connectivity index (χ2v) is 9.90. The molecule has 32 heavy (non-hydrogen) atoms. The first-order valence-electron chi connectivity index (χ1n) is 10.6. The zero-order chi connectivity index (χ0) is 23.3. The number of sulfonamides is 1. The Hall–Kier alpha value is -2.78. The normalized spacial score (nSPS) is 17.0. The molecule has 172 valence electrons. The molecule has 3 rings (SSSR count). The van der Waals surface area contributed by atoms with Crippen LogP contribution in [0.4, 0.5) is 10.1 Å². The number of nitrogens with zero attached hydrogens (tertiary/aromatic N) is 1. The highest BCUT2D eigenvalue weighted by molar-refractivity contribution is 7.89. The molecule has 2 N–H and O–H groups in total. The van der Waals surface area contributed by atoms with Crippen molar-refractivity contribution in [1.29, 1.82) is 0 Å². The summed E-state index contributed by atoms with van der Waals surface area (Å²) in [6.45, 7) is 4.21. The third-order valence-electron chi connectivity index (χ3n) is 5.56. The Balaban J connectivity index is 1.61. The van der Waals surface area contributed by atoms with E-state index in [9.17, 15) is 22.4 Å². The Morgan fingerprint density at radius 2 is 1.88 bits per heavy atom. The monoisotopic (exact) mass is 461 g/mol. The number of carbonyl (C=O) groups excluding carboxylic acids is 2. The molecule has 1 aliphatic rings. The zero-order valence-corrected chi connectivity index (χ0v) is 19.0. The van der Waals surface area contributed by atoms with Crippen molar-refractivity contribution in [3.63, 3.8) is 0 Å². The molecular formula is C23H28FN3O4S. The van der Waals surface area contributed by atoms with Gasteiger partial charge in [0.05, 0.1) is 4.90 Å². The second kappa shape index (κ2) is 10.2. The van der Waals surface area contributed by atoms with Gasteiger partial charge in [-0.15, -0.1) is 0 Å². The SMILES string of the molecule is Cc1ccc(C)c(S(=O)(=O)N2CCCCC2CCNC(=O)C(=O)Nc2cccc(F)c2)c1. The fourth-order valence-corrected chi connectivity index (χ4v) is 5.91. The van der Waals surface area contributed by atoms with Gasteiger partial charge in [-0.05, 0) is 68.5 Å². The summed E-state index contributed by atoms with van der Waals surface area (Å²) in [4.78, 5) is 24.4. The first-order chi connectivity index (χ1) is 15.2. The number of amides is 2. The highest BCUT2D eigenvalue weighted by atomic mass is 32.2. The van der Waals surface area contributed by atoms with E-state index in [1.807, 2.05) is 13.0 Å². The minimum Gasteiger partial charge on any atom is -0.348 e. The van der Waals surface area contributed by atoms with Crippen molar-refractivity contribution in [3.05, 3.63) is 59.4 Å². The number of piperidine rings is 1. The van der Waals surface area contributed by atoms with Crippen LogP contribution in [0.5, 0.6) is 0 Å². The second-order valence-electron chi connectivity index (χ2n) is 8.04. The summed E-state index contributed by atoms with van der Waals surface area (Å²) in [5, 5.41) is 4.87. The smallest absolute Gasteiger partial charge is 0.313 e. The summed E-state index contributed by atoms with van der Waals surface area (Å²) >= 11 is 0. The molecule has 0 aliphatic carbocycles. The largest absolute Gasteiger partial charge is 0.348 e. The molecule has 2 aromatic rings. The highest BCUT2D eigenvalue weighted by Crippen LogP contribution is 2.29. The summed E-state index contributed by atoms with van der Waals surface area (Å²) in [5.41, 5.74) is 1.75. The van der Waals surface area contributed by atoms with E-state index < -0.39 is 27.7 Å². The zero-order valence-electron chi connectivity index (χ0n) is 18.2. The van der Waals surface area contributed by atoms with Gasteiger partial charge in [0.25, 0.3) is 0 Å². The summed E-state index contributed by atoms with van der Waals surface area (Å²) < 4.78 is 41.5. The Kier molecular flexibility index (Phi) is 7.63. The van der Waals surface area contributed by atoms with Crippen LogP contribution in [-0.2, 0) is 19.6 Å². The van der Waals surface area contributed by atoms with Gasteiger partial charge in [0, 0.05) is 24.8 Å². The van der Waals surface area contributed by atoms with Crippen LogP contribution in [0.1, 0.15) is 36.8 Å². The van der Waals surface area contributed by atoms with Crippen LogP contribution in [0.3, 0.4) is 0 Å². The molecule has 2 aromatic carbocycles. The van der Waals surface area contributed by atoms with Gasteiger partial charge in [-0.2, -0.15) is 4.31 Å². The average molecular weight is 462 g/mol. The summed E-state index contributed by atoms with van der Waals surface area (Å²) in [5.74, 6) is -2.28. The standard InChI is InChI=1S/C23H28FN3O4S/c1-16-9-10-17(2)21(14-16)32(30,31)27-13-4-3-8-20(27)11-12-25-22(28)23(29)26-19-7-5-6-18(24)15-19/h5-7,9-10,14-15,20H,3-4,8,11-13H2,1-2H3,(H,25,28)(H,26,29). The number of nitrogens with one attached hydrogen (secondary N) is 2. The van der Waals surface area contributed by atoms with E-state index in [1.165, 1.54) is 22.5 Å². The predicted octanol–water partition coefficient (Wildman–Crippen LogP) is 3.13. The van der Waals surface area contributed by atoms with E-state index in [-0.39, 0.29) is 18.3 Å². The Morgan fingerprint density at radius 3 is 2.62 bits per heavy atom. The Bertz CT molecular complexity index is 1100. The molecule has 0 saturated carbocycles. The Labute approximate surface area is 188 Å². The van der Waals surface area contributed by atoms with E-state index in [0.717, 1.165) is 24.5 Å². The summed E-state index contributed by atoms with van der Waals surface area (Å²) in [6.07, 6.45) is 2.76. The van der Waals surface area contributed by atoms with E-state index in [1.54, 1.807) is 19.1 Å². The van der Waals surface area contributed by atoms with Gasteiger partial charge >= 0.3 is 11.8 Å². The average Bonchev–Trinajstić information content (AvgIpc) is 2.75. The van der Waals surface area contributed by atoms with Gasteiger partial charge in [-0.25, -0.2) is 12.8 Å². The molecule has 0 radical (unpaired) electrons. The minimum absolute atomic E-state index is 0.152. The molecule has 0 aromatic heterocycles. The van der Waals surface area contributed by atoms with Crippen molar-refractivity contribution < 1.29 is 22.4 Å². The van der Waals surface area contributed by atoms with Gasteiger partial charge in [-0.1, -0.05) is 24.6 Å². The van der Waals surface area contributed by atoms with Crippen LogP contribution in [0.15, 0.2) is 47.4 Å². The fraction of sp³-hybridized carbons (Fsp3) is 0.391. The van der Waals surface area contributed by atoms with Crippen molar-refractivity contribution in [1.82, 2.24) is 9.62 Å². The number of hydrogen-bond donors (Lipinski definition) is 2. The van der Waals surface area contributed by atoms with Gasteiger partial charge < -0.3 is 10.6 Å². The van der Waals surface area contributed by atoms with E-state index >= 15 is 0 Å². The van der Waals surface area contributed by atoms with E-state index in [0.29, 0.717) is 29.8 Å². The van der Waals surface area contributed by atoms with Crippen LogP contribution >= 0.6 is 0 Å². The lowest BCUT2D eigenvalue weighted by molar-refractivity contribution is -0.136. The molecular weight excluding hydrogens is 433 g/mol. The molecule has 7 nitrogen and oxygen atoms in total. The lowest BCUT2D eigenvalue weighted by Crippen LogP contribution is -2.46. The van der Waals surface area contributed by atoms with Crippen LogP contribution in [0.25, 0.3) is 0 Å². The summed E-state index contributed by atoms with van der Waals surface area (Å²) in [6, 6.07) is 10.4. The first kappa shape index (κ1) is 23.9. The molecule has 0 bridgehead atoms. The van der Waals surface area contributed by atoms with Gasteiger partial charge in [0.15, 0.2) is 0 Å². The van der Waals surface area contributed by atoms with E-state index in [4.69, 9.17) is 0 Å². The third kappa shape index (κ3) is 5.72. The minimum atomic E-state index is -3.67. The molecule has 1 heterocycles. The number of anilines is 1. The topological polar surface area (TPSA) is 95.6 Å². The molecule has 1 atom stereocenters. The number of aryl methyl sites for hydroxylation is 2. The molecule has 1 saturated heterocycles. The van der Waals surface area contributed by atoms with Crippen molar-refractivity contribution >= 4 is 27.5 Å². The van der Waals surface area contributed by atoms with Crippen molar-refractivity contribution in [2.24, 2.45) is 0 Å². The van der Waals surface area contributed by atoms with Gasteiger partial charge in [0.1, 0.15) is 5.82 Å². The lowest BCUT2D eigenvalue weighted by Gasteiger charge is -2.35. The third-order valence-corrected chi connectivity index (χ3v) is 7.65. The maximum absolute atomic E-state index is 13.4. The predicted molar refractivity (Wildman–Crippen MR) is 120 cm³/mol. The van der Waals surface area contributed by atoms with Gasteiger partial charge in [-0.3, -0.25) is 9.59 Å². The maximum Gasteiger partial charge on any atom is 0.313 e. The number of hydrogen-bond acceptors (Lipinski definition) is 4. The molecule has 1 unspecified atom stereocenters.